The molecular formula is C51H41F6NO6S2. The average Bonchev–Trinajstić information content (AvgIpc) is 3.95. The van der Waals surface area contributed by atoms with Gasteiger partial charge in [0.1, 0.15) is 24.7 Å². The average molecular weight is 942 g/mol. The summed E-state index contributed by atoms with van der Waals surface area (Å²) in [7, 11) is 1.58. The number of esters is 1. The molecule has 0 fully saturated rings. The second kappa shape index (κ2) is 21.1. The van der Waals surface area contributed by atoms with E-state index in [9.17, 15) is 35.9 Å². The number of amides is 1. The van der Waals surface area contributed by atoms with Crippen molar-refractivity contribution in [3.05, 3.63) is 178 Å². The standard InChI is InChI=1S/C26H22F3NO3S.C25H19F3O3S/c1-32-13-12-30-25(31)18-10-8-17(9-11-18)23-7-2-4-19-14-22(34-24(19)23)16-33-21-6-3-5-20(15-21)26(27,28)29;1-2-30-24(29)17-11-9-16(10-12-17)22-8-3-5-18-13-21(32-23(18)22)15-31-20-7-4-6-19(14-20)25(26,27)28/h2-11,14-15H,12-13,16H2,1H3,(H,30,31);3-14H,2,15H2,1H3. The van der Waals surface area contributed by atoms with Crippen molar-refractivity contribution in [2.75, 3.05) is 26.9 Å². The van der Waals surface area contributed by atoms with Crippen LogP contribution in [0.4, 0.5) is 26.3 Å². The molecule has 66 heavy (non-hydrogen) atoms. The van der Waals surface area contributed by atoms with E-state index in [4.69, 9.17) is 18.9 Å². The SMILES string of the molecule is CCOC(=O)c1ccc(-c2cccc3cc(COc4cccc(C(F)(F)F)c4)sc23)cc1.COCCNC(=O)c1ccc(-c2cccc3cc(COc4cccc(C(F)(F)F)c4)sc23)cc1. The van der Waals surface area contributed by atoms with Crippen LogP contribution in [0.15, 0.2) is 146 Å². The molecule has 2 aromatic heterocycles. The van der Waals surface area contributed by atoms with E-state index in [2.05, 4.69) is 5.32 Å². The van der Waals surface area contributed by atoms with Gasteiger partial charge in [0, 0.05) is 38.4 Å². The summed E-state index contributed by atoms with van der Waals surface area (Å²) in [6.45, 7) is 3.31. The van der Waals surface area contributed by atoms with Crippen LogP contribution in [0, 0.1) is 0 Å². The summed E-state index contributed by atoms with van der Waals surface area (Å²) >= 11 is 3.06. The first kappa shape index (κ1) is 47.3. The quantitative estimate of drug-likeness (QED) is 0.0664. The van der Waals surface area contributed by atoms with Crippen molar-refractivity contribution in [1.82, 2.24) is 5.32 Å². The van der Waals surface area contributed by atoms with Crippen molar-refractivity contribution in [3.63, 3.8) is 0 Å². The van der Waals surface area contributed by atoms with Crippen LogP contribution in [0.2, 0.25) is 0 Å². The van der Waals surface area contributed by atoms with Crippen LogP contribution in [0.3, 0.4) is 0 Å². The van der Waals surface area contributed by atoms with Gasteiger partial charge in [-0.15, -0.1) is 22.7 Å². The molecule has 340 valence electrons. The number of alkyl halides is 6. The fourth-order valence-electron chi connectivity index (χ4n) is 6.83. The summed E-state index contributed by atoms with van der Waals surface area (Å²) in [4.78, 5) is 25.9. The minimum atomic E-state index is -4.41. The van der Waals surface area contributed by atoms with Gasteiger partial charge in [-0.1, -0.05) is 72.8 Å². The lowest BCUT2D eigenvalue weighted by Crippen LogP contribution is -2.26. The van der Waals surface area contributed by atoms with Gasteiger partial charge in [-0.3, -0.25) is 4.79 Å². The van der Waals surface area contributed by atoms with E-state index in [0.29, 0.717) is 30.9 Å². The molecule has 2 heterocycles. The highest BCUT2D eigenvalue weighted by Crippen LogP contribution is 2.38. The van der Waals surface area contributed by atoms with E-state index >= 15 is 0 Å². The summed E-state index contributed by atoms with van der Waals surface area (Å²) in [6, 6.07) is 40.1. The molecule has 0 spiro atoms. The van der Waals surface area contributed by atoms with Gasteiger partial charge in [-0.05, 0) is 113 Å². The maximum atomic E-state index is 12.9. The summed E-state index contributed by atoms with van der Waals surface area (Å²) in [5.41, 5.74) is 3.52. The number of halogens is 6. The molecule has 0 aliphatic carbocycles. The normalized spacial score (nSPS) is 11.5. The Labute approximate surface area is 384 Å². The zero-order chi connectivity index (χ0) is 46.8. The van der Waals surface area contributed by atoms with Crippen molar-refractivity contribution in [3.8, 4) is 33.8 Å². The molecule has 15 heteroatoms. The van der Waals surface area contributed by atoms with Crippen LogP contribution in [0.5, 0.6) is 11.5 Å². The van der Waals surface area contributed by atoms with Crippen molar-refractivity contribution in [2.45, 2.75) is 32.5 Å². The molecule has 1 N–H and O–H groups in total. The topological polar surface area (TPSA) is 83.1 Å². The molecule has 8 aromatic rings. The summed E-state index contributed by atoms with van der Waals surface area (Å²) < 4.78 is 101. The van der Waals surface area contributed by atoms with Crippen molar-refractivity contribution >= 4 is 54.7 Å². The van der Waals surface area contributed by atoms with Crippen LogP contribution < -0.4 is 14.8 Å². The van der Waals surface area contributed by atoms with E-state index in [1.165, 1.54) is 46.9 Å². The molecule has 0 atom stereocenters. The summed E-state index contributed by atoms with van der Waals surface area (Å²) in [5, 5.41) is 4.83. The first-order chi connectivity index (χ1) is 31.7. The first-order valence-corrected chi connectivity index (χ1v) is 22.1. The smallest absolute Gasteiger partial charge is 0.416 e. The Kier molecular flexibility index (Phi) is 15.1. The van der Waals surface area contributed by atoms with Gasteiger partial charge >= 0.3 is 18.3 Å². The molecule has 1 amide bonds. The lowest BCUT2D eigenvalue weighted by atomic mass is 10.0. The summed E-state index contributed by atoms with van der Waals surface area (Å²) in [6.07, 6.45) is -8.82. The zero-order valence-corrected chi connectivity index (χ0v) is 37.1. The van der Waals surface area contributed by atoms with Crippen molar-refractivity contribution < 1.29 is 54.9 Å². The minimum Gasteiger partial charge on any atom is -0.488 e. The number of benzene rings is 6. The number of thiophene rings is 2. The van der Waals surface area contributed by atoms with Crippen LogP contribution in [0.1, 0.15) is 48.5 Å². The zero-order valence-electron chi connectivity index (χ0n) is 35.4. The second-order valence-corrected chi connectivity index (χ2v) is 16.9. The number of methoxy groups -OCH3 is 1. The molecule has 6 aromatic carbocycles. The number of rotatable bonds is 14. The van der Waals surface area contributed by atoms with Gasteiger partial charge in [0.05, 0.1) is 29.9 Å². The van der Waals surface area contributed by atoms with Crippen molar-refractivity contribution in [1.29, 1.82) is 0 Å². The lowest BCUT2D eigenvalue weighted by Gasteiger charge is -2.09. The maximum absolute atomic E-state index is 12.9. The lowest BCUT2D eigenvalue weighted by molar-refractivity contribution is -0.138. The van der Waals surface area contributed by atoms with Gasteiger partial charge in [0.15, 0.2) is 0 Å². The van der Waals surface area contributed by atoms with Crippen LogP contribution in [-0.2, 0) is 35.0 Å². The van der Waals surface area contributed by atoms with Crippen molar-refractivity contribution in [2.24, 2.45) is 0 Å². The third kappa shape index (κ3) is 12.0. The molecule has 0 aliphatic heterocycles. The van der Waals surface area contributed by atoms with Gasteiger partial charge < -0.3 is 24.3 Å². The largest absolute Gasteiger partial charge is 0.488 e. The third-order valence-corrected chi connectivity index (χ3v) is 12.3. The first-order valence-electron chi connectivity index (χ1n) is 20.5. The number of carbonyl (C=O) groups is 2. The van der Waals surface area contributed by atoms with E-state index in [1.54, 1.807) is 38.3 Å². The Bertz CT molecular complexity index is 2930. The third-order valence-electron chi connectivity index (χ3n) is 10.0. The van der Waals surface area contributed by atoms with Gasteiger partial charge in [0.2, 0.25) is 0 Å². The van der Waals surface area contributed by atoms with Crippen LogP contribution in [0.25, 0.3) is 42.4 Å². The molecule has 8 rings (SSSR count). The Balaban J connectivity index is 0.000000197. The fraction of sp³-hybridized carbons (Fsp3) is 0.176. The minimum absolute atomic E-state index is 0.160. The number of nitrogens with one attached hydrogen (secondary N) is 1. The van der Waals surface area contributed by atoms with E-state index < -0.39 is 23.5 Å². The van der Waals surface area contributed by atoms with Gasteiger partial charge in [0.25, 0.3) is 5.91 Å². The molecule has 0 aliphatic rings. The van der Waals surface area contributed by atoms with E-state index in [1.807, 2.05) is 72.8 Å². The van der Waals surface area contributed by atoms with Gasteiger partial charge in [-0.25, -0.2) is 4.79 Å². The second-order valence-electron chi connectivity index (χ2n) is 14.6. The molecule has 0 unspecified atom stereocenters. The highest BCUT2D eigenvalue weighted by molar-refractivity contribution is 7.20. The predicted octanol–water partition coefficient (Wildman–Crippen LogP) is 13.9. The van der Waals surface area contributed by atoms with E-state index in [-0.39, 0.29) is 36.6 Å². The molecule has 7 nitrogen and oxygen atoms in total. The molecule has 0 radical (unpaired) electrons. The Morgan fingerprint density at radius 3 is 1.47 bits per heavy atom. The molecule has 0 saturated heterocycles. The molecular weight excluding hydrogens is 901 g/mol. The van der Waals surface area contributed by atoms with Crippen LogP contribution >= 0.6 is 22.7 Å². The summed E-state index contributed by atoms with van der Waals surface area (Å²) in [5.74, 6) is -0.173. The highest BCUT2D eigenvalue weighted by atomic mass is 32.1. The monoisotopic (exact) mass is 941 g/mol. The van der Waals surface area contributed by atoms with E-state index in [0.717, 1.165) is 76.4 Å². The Hall–Kier alpha value is -6.68. The Morgan fingerprint density at radius 2 is 1.03 bits per heavy atom. The highest BCUT2D eigenvalue weighted by Gasteiger charge is 2.31. The molecule has 0 saturated carbocycles. The number of hydrogen-bond acceptors (Lipinski definition) is 8. The molecule has 0 bridgehead atoms. The number of hydrogen-bond donors (Lipinski definition) is 1. The number of carbonyl (C=O) groups excluding carboxylic acids is 2. The fourth-order valence-corrected chi connectivity index (χ4v) is 9.05. The van der Waals surface area contributed by atoms with Crippen LogP contribution in [-0.4, -0.2) is 38.7 Å². The predicted molar refractivity (Wildman–Crippen MR) is 246 cm³/mol. The number of fused-ring (bicyclic) bond motifs is 2. The Morgan fingerprint density at radius 1 is 0.576 bits per heavy atom. The number of ether oxygens (including phenoxy) is 4. The van der Waals surface area contributed by atoms with Gasteiger partial charge in [-0.2, -0.15) is 26.3 Å². The maximum Gasteiger partial charge on any atom is 0.416 e.